The van der Waals surface area contributed by atoms with Gasteiger partial charge in [0.05, 0.1) is 35.2 Å². The zero-order valence-corrected chi connectivity index (χ0v) is 13.2. The lowest BCUT2D eigenvalue weighted by molar-refractivity contribution is 0.0963. The molecule has 2 heterocycles. The lowest BCUT2D eigenvalue weighted by Crippen LogP contribution is -2.17. The molecule has 2 aromatic heterocycles. The molecule has 0 aliphatic heterocycles. The molecule has 0 saturated carbocycles. The van der Waals surface area contributed by atoms with Gasteiger partial charge < -0.3 is 15.0 Å². The first-order valence-electron chi connectivity index (χ1n) is 7.43. The largest absolute Gasteiger partial charge is 0.496 e. The average molecular weight is 321 g/mol. The minimum atomic E-state index is -0.131. The third-order valence-electron chi connectivity index (χ3n) is 3.99. The number of amides is 1. The van der Waals surface area contributed by atoms with Gasteiger partial charge in [0, 0.05) is 18.2 Å². The van der Waals surface area contributed by atoms with Crippen LogP contribution in [0.2, 0.25) is 0 Å². The van der Waals surface area contributed by atoms with E-state index in [1.165, 1.54) is 0 Å². The van der Waals surface area contributed by atoms with E-state index in [2.05, 4.69) is 25.5 Å². The smallest absolute Gasteiger partial charge is 0.251 e. The Morgan fingerprint density at radius 2 is 2.08 bits per heavy atom. The predicted molar refractivity (Wildman–Crippen MR) is 91.1 cm³/mol. The fourth-order valence-electron chi connectivity index (χ4n) is 2.76. The number of benzene rings is 2. The van der Waals surface area contributed by atoms with E-state index in [1.807, 2.05) is 18.2 Å². The number of aromatic amines is 2. The second kappa shape index (κ2) is 5.38. The molecule has 7 heteroatoms. The highest BCUT2D eigenvalue weighted by Gasteiger charge is 2.12. The second-order valence-corrected chi connectivity index (χ2v) is 5.41. The number of rotatable bonds is 3. The van der Waals surface area contributed by atoms with Crippen LogP contribution in [0.3, 0.4) is 0 Å². The third kappa shape index (κ3) is 2.18. The van der Waals surface area contributed by atoms with Crippen LogP contribution >= 0.6 is 0 Å². The Bertz CT molecular complexity index is 1060. The van der Waals surface area contributed by atoms with Crippen LogP contribution in [0.25, 0.3) is 33.3 Å². The van der Waals surface area contributed by atoms with Crippen molar-refractivity contribution in [2.24, 2.45) is 0 Å². The highest BCUT2D eigenvalue weighted by atomic mass is 16.5. The Balaban J connectivity index is 1.85. The van der Waals surface area contributed by atoms with E-state index in [-0.39, 0.29) is 5.91 Å². The summed E-state index contributed by atoms with van der Waals surface area (Å²) in [7, 11) is 3.23. The van der Waals surface area contributed by atoms with Gasteiger partial charge in [0.25, 0.3) is 5.91 Å². The number of methoxy groups -OCH3 is 1. The summed E-state index contributed by atoms with van der Waals surface area (Å²) >= 11 is 0. The first kappa shape index (κ1) is 14.3. The van der Waals surface area contributed by atoms with E-state index in [9.17, 15) is 4.79 Å². The molecule has 0 spiro atoms. The fourth-order valence-corrected chi connectivity index (χ4v) is 2.76. The third-order valence-corrected chi connectivity index (χ3v) is 3.99. The summed E-state index contributed by atoms with van der Waals surface area (Å²) in [5.41, 5.74) is 3.93. The van der Waals surface area contributed by atoms with Gasteiger partial charge in [0.2, 0.25) is 0 Å². The Kier molecular flexibility index (Phi) is 3.19. The number of hydrogen-bond donors (Lipinski definition) is 3. The number of fused-ring (bicyclic) bond motifs is 2. The van der Waals surface area contributed by atoms with Gasteiger partial charge in [-0.15, -0.1) is 0 Å². The first-order chi connectivity index (χ1) is 11.7. The van der Waals surface area contributed by atoms with Crippen LogP contribution in [0.4, 0.5) is 0 Å². The molecule has 0 aliphatic carbocycles. The molecule has 2 aromatic carbocycles. The zero-order valence-electron chi connectivity index (χ0n) is 13.2. The highest BCUT2D eigenvalue weighted by molar-refractivity contribution is 5.97. The standard InChI is InChI=1S/C17H15N5O2/c1-18-17(23)9-3-4-12-14(5-9)21-16(20-12)10-6-13-11(8-19-22-13)15(7-10)24-2/h3-8H,1-2H3,(H,18,23)(H,19,22)(H,20,21). The molecule has 3 N–H and O–H groups in total. The summed E-state index contributed by atoms with van der Waals surface area (Å²) < 4.78 is 5.43. The van der Waals surface area contributed by atoms with Gasteiger partial charge in [0.15, 0.2) is 0 Å². The van der Waals surface area contributed by atoms with Crippen LogP contribution in [-0.4, -0.2) is 40.2 Å². The maximum atomic E-state index is 11.8. The molecule has 1 amide bonds. The molecule has 0 radical (unpaired) electrons. The number of carbonyl (C=O) groups excluding carboxylic acids is 1. The molecule has 4 rings (SSSR count). The normalized spacial score (nSPS) is 11.1. The summed E-state index contributed by atoms with van der Waals surface area (Å²) in [5.74, 6) is 1.30. The molecular weight excluding hydrogens is 306 g/mol. The van der Waals surface area contributed by atoms with Crippen molar-refractivity contribution < 1.29 is 9.53 Å². The molecule has 0 bridgehead atoms. The van der Waals surface area contributed by atoms with Gasteiger partial charge in [-0.2, -0.15) is 5.10 Å². The van der Waals surface area contributed by atoms with Crippen molar-refractivity contribution in [1.29, 1.82) is 0 Å². The number of aromatic nitrogens is 4. The van der Waals surface area contributed by atoms with Gasteiger partial charge >= 0.3 is 0 Å². The molecule has 7 nitrogen and oxygen atoms in total. The van der Waals surface area contributed by atoms with E-state index in [0.29, 0.717) is 11.4 Å². The Hall–Kier alpha value is -3.35. The van der Waals surface area contributed by atoms with Crippen LogP contribution in [0, 0.1) is 0 Å². The number of nitrogens with zero attached hydrogens (tertiary/aromatic N) is 2. The van der Waals surface area contributed by atoms with Crippen molar-refractivity contribution in [3.05, 3.63) is 42.1 Å². The number of ether oxygens (including phenoxy) is 1. The van der Waals surface area contributed by atoms with E-state index in [4.69, 9.17) is 4.74 Å². The van der Waals surface area contributed by atoms with Crippen molar-refractivity contribution in [1.82, 2.24) is 25.5 Å². The lowest BCUT2D eigenvalue weighted by atomic mass is 10.1. The van der Waals surface area contributed by atoms with Crippen LogP contribution in [-0.2, 0) is 0 Å². The topological polar surface area (TPSA) is 95.7 Å². The van der Waals surface area contributed by atoms with Crippen LogP contribution in [0.15, 0.2) is 36.5 Å². The van der Waals surface area contributed by atoms with Gasteiger partial charge in [-0.1, -0.05) is 0 Å². The number of hydrogen-bond acceptors (Lipinski definition) is 4. The van der Waals surface area contributed by atoms with Crippen LogP contribution in [0.1, 0.15) is 10.4 Å². The Labute approximate surface area is 137 Å². The van der Waals surface area contributed by atoms with E-state index in [1.54, 1.807) is 32.5 Å². The Morgan fingerprint density at radius 1 is 1.21 bits per heavy atom. The van der Waals surface area contributed by atoms with Crippen molar-refractivity contribution in [3.63, 3.8) is 0 Å². The van der Waals surface area contributed by atoms with Crippen LogP contribution < -0.4 is 10.1 Å². The fraction of sp³-hybridized carbons (Fsp3) is 0.118. The monoisotopic (exact) mass is 321 g/mol. The number of carbonyl (C=O) groups is 1. The summed E-state index contributed by atoms with van der Waals surface area (Å²) in [5, 5.41) is 10.5. The maximum absolute atomic E-state index is 11.8. The molecule has 0 fully saturated rings. The van der Waals surface area contributed by atoms with Crippen molar-refractivity contribution in [2.75, 3.05) is 14.2 Å². The summed E-state index contributed by atoms with van der Waals surface area (Å²) in [6.45, 7) is 0. The zero-order chi connectivity index (χ0) is 16.7. The average Bonchev–Trinajstić information content (AvgIpc) is 3.25. The minimum absolute atomic E-state index is 0.131. The Morgan fingerprint density at radius 3 is 2.88 bits per heavy atom. The summed E-state index contributed by atoms with van der Waals surface area (Å²) in [4.78, 5) is 19.6. The van der Waals surface area contributed by atoms with Gasteiger partial charge in [-0.25, -0.2) is 4.98 Å². The van der Waals surface area contributed by atoms with Crippen molar-refractivity contribution in [3.8, 4) is 17.1 Å². The number of imidazole rings is 1. The number of H-pyrrole nitrogens is 2. The molecule has 0 unspecified atom stereocenters. The molecule has 0 saturated heterocycles. The minimum Gasteiger partial charge on any atom is -0.496 e. The van der Waals surface area contributed by atoms with Crippen molar-refractivity contribution >= 4 is 27.8 Å². The van der Waals surface area contributed by atoms with E-state index < -0.39 is 0 Å². The lowest BCUT2D eigenvalue weighted by Gasteiger charge is -2.04. The van der Waals surface area contributed by atoms with Crippen molar-refractivity contribution in [2.45, 2.75) is 0 Å². The molecule has 4 aromatic rings. The van der Waals surface area contributed by atoms with Gasteiger partial charge in [-0.3, -0.25) is 9.89 Å². The molecule has 0 atom stereocenters. The predicted octanol–water partition coefficient (Wildman–Crippen LogP) is 2.47. The second-order valence-electron chi connectivity index (χ2n) is 5.41. The molecule has 24 heavy (non-hydrogen) atoms. The SMILES string of the molecule is CNC(=O)c1ccc2nc(-c3cc(OC)c4cn[nH]c4c3)[nH]c2c1. The first-order valence-corrected chi connectivity index (χ1v) is 7.43. The highest BCUT2D eigenvalue weighted by Crippen LogP contribution is 2.31. The van der Waals surface area contributed by atoms with E-state index in [0.717, 1.165) is 33.2 Å². The molecule has 120 valence electrons. The van der Waals surface area contributed by atoms with Crippen LogP contribution in [0.5, 0.6) is 5.75 Å². The summed E-state index contributed by atoms with van der Waals surface area (Å²) in [6.07, 6.45) is 1.73. The van der Waals surface area contributed by atoms with E-state index >= 15 is 0 Å². The van der Waals surface area contributed by atoms with Gasteiger partial charge in [-0.05, 0) is 30.3 Å². The van der Waals surface area contributed by atoms with Gasteiger partial charge in [0.1, 0.15) is 11.6 Å². The maximum Gasteiger partial charge on any atom is 0.251 e. The molecule has 0 aliphatic rings. The number of nitrogens with one attached hydrogen (secondary N) is 3. The molecular formula is C17H15N5O2. The summed E-state index contributed by atoms with van der Waals surface area (Å²) in [6, 6.07) is 9.24. The quantitative estimate of drug-likeness (QED) is 0.540.